The Morgan fingerprint density at radius 2 is 2.00 bits per heavy atom. The minimum Gasteiger partial charge on any atom is -0.205 e. The Balaban J connectivity index is 2.74. The summed E-state index contributed by atoms with van der Waals surface area (Å²) in [6.45, 7) is 1.64. The second-order valence-corrected chi connectivity index (χ2v) is 4.01. The second-order valence-electron chi connectivity index (χ2n) is 3.10. The molecule has 0 aliphatic carbocycles. The molecule has 2 aromatic rings. The fourth-order valence-electron chi connectivity index (χ4n) is 1.48. The van der Waals surface area contributed by atoms with E-state index in [4.69, 9.17) is 0 Å². The summed E-state index contributed by atoms with van der Waals surface area (Å²) in [5, 5.41) is 1.80. The Labute approximate surface area is 83.0 Å². The highest BCUT2D eigenvalue weighted by atomic mass is 32.1. The Bertz CT molecular complexity index is 473. The molecule has 0 fully saturated rings. The summed E-state index contributed by atoms with van der Waals surface area (Å²) < 4.78 is 38.5. The average Bonchev–Trinajstić information content (AvgIpc) is 2.48. The number of hydrogen-bond acceptors (Lipinski definition) is 1. The third-order valence-electron chi connectivity index (χ3n) is 2.10. The maximum absolute atomic E-state index is 13.2. The van der Waals surface area contributed by atoms with E-state index < -0.39 is 6.43 Å². The predicted molar refractivity (Wildman–Crippen MR) is 51.5 cm³/mol. The summed E-state index contributed by atoms with van der Waals surface area (Å²) in [7, 11) is 0. The molecule has 0 saturated carbocycles. The van der Waals surface area contributed by atoms with Crippen molar-refractivity contribution in [2.45, 2.75) is 13.3 Å². The number of thiophene rings is 1. The highest BCUT2D eigenvalue weighted by Crippen LogP contribution is 2.32. The molecule has 1 aromatic carbocycles. The topological polar surface area (TPSA) is 0 Å². The summed E-state index contributed by atoms with van der Waals surface area (Å²) in [4.78, 5) is 0. The summed E-state index contributed by atoms with van der Waals surface area (Å²) >= 11 is 1.15. The molecular formula is C10H7F3S. The summed E-state index contributed by atoms with van der Waals surface area (Å²) in [6.07, 6.45) is -2.50. The van der Waals surface area contributed by atoms with Gasteiger partial charge in [-0.05, 0) is 24.6 Å². The van der Waals surface area contributed by atoms with E-state index in [-0.39, 0.29) is 11.4 Å². The molecule has 0 bridgehead atoms. The zero-order chi connectivity index (χ0) is 10.3. The standard InChI is InChI=1S/C10H7F3S/c1-5-2-6(10(12)13)3-8-9(5)7(11)4-14-8/h2-4,10H,1H3. The van der Waals surface area contributed by atoms with E-state index in [0.717, 1.165) is 11.3 Å². The third-order valence-corrected chi connectivity index (χ3v) is 3.00. The molecule has 4 heteroatoms. The fourth-order valence-corrected chi connectivity index (χ4v) is 2.41. The van der Waals surface area contributed by atoms with Crippen LogP contribution in [0.1, 0.15) is 17.6 Å². The van der Waals surface area contributed by atoms with Crippen LogP contribution in [0, 0.1) is 12.7 Å². The molecule has 0 nitrogen and oxygen atoms in total. The van der Waals surface area contributed by atoms with Crippen LogP contribution in [0.15, 0.2) is 17.5 Å². The highest BCUT2D eigenvalue weighted by molar-refractivity contribution is 7.17. The first-order chi connectivity index (χ1) is 6.59. The number of hydrogen-bond donors (Lipinski definition) is 0. The molecule has 0 amide bonds. The highest BCUT2D eigenvalue weighted by Gasteiger charge is 2.12. The van der Waals surface area contributed by atoms with Gasteiger partial charge >= 0.3 is 0 Å². The maximum atomic E-state index is 13.2. The molecule has 0 aliphatic heterocycles. The van der Waals surface area contributed by atoms with Crippen molar-refractivity contribution in [1.29, 1.82) is 0 Å². The fraction of sp³-hybridized carbons (Fsp3) is 0.200. The lowest BCUT2D eigenvalue weighted by molar-refractivity contribution is 0.151. The SMILES string of the molecule is Cc1cc(C(F)F)cc2scc(F)c12. The Hall–Kier alpha value is -1.03. The molecule has 0 atom stereocenters. The van der Waals surface area contributed by atoms with Crippen LogP contribution < -0.4 is 0 Å². The lowest BCUT2D eigenvalue weighted by atomic mass is 10.1. The van der Waals surface area contributed by atoms with E-state index in [1.165, 1.54) is 17.5 Å². The van der Waals surface area contributed by atoms with Gasteiger partial charge in [-0.15, -0.1) is 11.3 Å². The number of benzene rings is 1. The summed E-state index contributed by atoms with van der Waals surface area (Å²) in [5.41, 5.74) is 0.522. The minimum atomic E-state index is -2.50. The molecule has 1 aromatic heterocycles. The monoisotopic (exact) mass is 216 g/mol. The van der Waals surface area contributed by atoms with Gasteiger partial charge in [0.05, 0.1) is 0 Å². The minimum absolute atomic E-state index is 0.0446. The van der Waals surface area contributed by atoms with Crippen molar-refractivity contribution < 1.29 is 13.2 Å². The lowest BCUT2D eigenvalue weighted by Crippen LogP contribution is -1.86. The van der Waals surface area contributed by atoms with Crippen LogP contribution in [0.3, 0.4) is 0 Å². The van der Waals surface area contributed by atoms with Crippen molar-refractivity contribution in [1.82, 2.24) is 0 Å². The van der Waals surface area contributed by atoms with Gasteiger partial charge in [-0.25, -0.2) is 13.2 Å². The van der Waals surface area contributed by atoms with Gasteiger partial charge in [0.15, 0.2) is 0 Å². The zero-order valence-electron chi connectivity index (χ0n) is 7.35. The van der Waals surface area contributed by atoms with E-state index in [1.807, 2.05) is 0 Å². The van der Waals surface area contributed by atoms with Gasteiger partial charge in [0.1, 0.15) is 5.82 Å². The molecule has 0 spiro atoms. The number of halogens is 3. The molecule has 0 unspecified atom stereocenters. The largest absolute Gasteiger partial charge is 0.263 e. The normalized spacial score (nSPS) is 11.5. The molecule has 0 N–H and O–H groups in total. The van der Waals surface area contributed by atoms with Crippen LogP contribution >= 0.6 is 11.3 Å². The summed E-state index contributed by atoms with van der Waals surface area (Å²) in [5.74, 6) is -0.330. The van der Waals surface area contributed by atoms with Crippen molar-refractivity contribution >= 4 is 21.4 Å². The van der Waals surface area contributed by atoms with Gasteiger partial charge in [0.2, 0.25) is 0 Å². The van der Waals surface area contributed by atoms with E-state index in [1.54, 1.807) is 6.92 Å². The van der Waals surface area contributed by atoms with Gasteiger partial charge in [-0.2, -0.15) is 0 Å². The van der Waals surface area contributed by atoms with Crippen LogP contribution in [0.5, 0.6) is 0 Å². The first-order valence-corrected chi connectivity index (χ1v) is 4.93. The zero-order valence-corrected chi connectivity index (χ0v) is 8.17. The van der Waals surface area contributed by atoms with Crippen LogP contribution in [-0.4, -0.2) is 0 Å². The van der Waals surface area contributed by atoms with Gasteiger partial charge < -0.3 is 0 Å². The van der Waals surface area contributed by atoms with E-state index in [2.05, 4.69) is 0 Å². The van der Waals surface area contributed by atoms with Gasteiger partial charge in [0.25, 0.3) is 6.43 Å². The van der Waals surface area contributed by atoms with E-state index in [0.29, 0.717) is 15.6 Å². The number of aryl methyl sites for hydroxylation is 1. The number of alkyl halides is 2. The molecule has 74 valence electrons. The van der Waals surface area contributed by atoms with Crippen molar-refractivity contribution in [2.24, 2.45) is 0 Å². The predicted octanol–water partition coefficient (Wildman–Crippen LogP) is 4.29. The maximum Gasteiger partial charge on any atom is 0.263 e. The molecule has 0 aliphatic rings. The Morgan fingerprint density at radius 1 is 1.29 bits per heavy atom. The molecule has 0 saturated heterocycles. The van der Waals surface area contributed by atoms with Crippen molar-refractivity contribution in [3.63, 3.8) is 0 Å². The molecular weight excluding hydrogens is 209 g/mol. The molecule has 14 heavy (non-hydrogen) atoms. The van der Waals surface area contributed by atoms with E-state index in [9.17, 15) is 13.2 Å². The lowest BCUT2D eigenvalue weighted by Gasteiger charge is -2.02. The van der Waals surface area contributed by atoms with Gasteiger partial charge in [0, 0.05) is 21.0 Å². The smallest absolute Gasteiger partial charge is 0.205 e. The van der Waals surface area contributed by atoms with Gasteiger partial charge in [-0.1, -0.05) is 0 Å². The first-order valence-electron chi connectivity index (χ1n) is 4.05. The third kappa shape index (κ3) is 1.39. The molecule has 0 radical (unpaired) electrons. The molecule has 1 heterocycles. The van der Waals surface area contributed by atoms with Crippen LogP contribution in [-0.2, 0) is 0 Å². The number of rotatable bonds is 1. The Kier molecular flexibility index (Phi) is 2.23. The number of fused-ring (bicyclic) bond motifs is 1. The van der Waals surface area contributed by atoms with Crippen molar-refractivity contribution in [3.8, 4) is 0 Å². The summed E-state index contributed by atoms with van der Waals surface area (Å²) in [6, 6.07) is 2.68. The second kappa shape index (κ2) is 3.28. The Morgan fingerprint density at radius 3 is 2.64 bits per heavy atom. The molecule has 2 rings (SSSR count). The van der Waals surface area contributed by atoms with Crippen LogP contribution in [0.4, 0.5) is 13.2 Å². The van der Waals surface area contributed by atoms with Crippen molar-refractivity contribution in [2.75, 3.05) is 0 Å². The average molecular weight is 216 g/mol. The quantitative estimate of drug-likeness (QED) is 0.667. The van der Waals surface area contributed by atoms with Crippen LogP contribution in [0.2, 0.25) is 0 Å². The van der Waals surface area contributed by atoms with Gasteiger partial charge in [-0.3, -0.25) is 0 Å². The van der Waals surface area contributed by atoms with Crippen molar-refractivity contribution in [3.05, 3.63) is 34.5 Å². The van der Waals surface area contributed by atoms with E-state index >= 15 is 0 Å². The first kappa shape index (κ1) is 9.52. The van der Waals surface area contributed by atoms with Crippen LogP contribution in [0.25, 0.3) is 10.1 Å².